The molecule has 0 aliphatic carbocycles. The van der Waals surface area contributed by atoms with Crippen LogP contribution in [-0.2, 0) is 13.1 Å². The van der Waals surface area contributed by atoms with Gasteiger partial charge in [-0.25, -0.2) is 0 Å². The second-order valence-corrected chi connectivity index (χ2v) is 5.20. The molecule has 6 heteroatoms. The lowest BCUT2D eigenvalue weighted by molar-refractivity contribution is 0.673. The predicted molar refractivity (Wildman–Crippen MR) is 102 cm³/mol. The van der Waals surface area contributed by atoms with Crippen LogP contribution in [0.2, 0.25) is 0 Å². The van der Waals surface area contributed by atoms with Crippen molar-refractivity contribution >= 4 is 29.9 Å². The normalized spacial score (nSPS) is 11.2. The van der Waals surface area contributed by atoms with E-state index in [1.54, 1.807) is 13.2 Å². The maximum atomic E-state index is 4.26. The van der Waals surface area contributed by atoms with Crippen LogP contribution < -0.4 is 10.6 Å². The molecule has 0 unspecified atom stereocenters. The fourth-order valence-corrected chi connectivity index (χ4v) is 2.10. The van der Waals surface area contributed by atoms with Crippen molar-refractivity contribution in [2.75, 3.05) is 7.05 Å². The zero-order valence-corrected chi connectivity index (χ0v) is 15.6. The first-order valence-corrected chi connectivity index (χ1v) is 7.20. The van der Waals surface area contributed by atoms with Gasteiger partial charge in [-0.1, -0.05) is 24.3 Å². The first-order valence-electron chi connectivity index (χ1n) is 7.20. The molecule has 0 amide bonds. The molecule has 0 saturated carbocycles. The summed E-state index contributed by atoms with van der Waals surface area (Å²) in [7, 11) is 1.79. The Morgan fingerprint density at radius 1 is 1.23 bits per heavy atom. The maximum absolute atomic E-state index is 4.26. The van der Waals surface area contributed by atoms with Crippen LogP contribution in [0.1, 0.15) is 25.0 Å². The van der Waals surface area contributed by atoms with Crippen molar-refractivity contribution in [2.45, 2.75) is 33.0 Å². The number of benzene rings is 1. The second kappa shape index (κ2) is 9.45. The Morgan fingerprint density at radius 2 is 1.95 bits per heavy atom. The first-order chi connectivity index (χ1) is 10.2. The van der Waals surface area contributed by atoms with E-state index < -0.39 is 0 Å². The molecule has 0 radical (unpaired) electrons. The van der Waals surface area contributed by atoms with E-state index >= 15 is 0 Å². The van der Waals surface area contributed by atoms with Crippen molar-refractivity contribution in [1.82, 2.24) is 20.4 Å². The molecule has 0 saturated heterocycles. The summed E-state index contributed by atoms with van der Waals surface area (Å²) in [5.41, 5.74) is 2.51. The van der Waals surface area contributed by atoms with Crippen molar-refractivity contribution in [2.24, 2.45) is 4.99 Å². The summed E-state index contributed by atoms with van der Waals surface area (Å²) >= 11 is 0. The van der Waals surface area contributed by atoms with E-state index in [0.29, 0.717) is 6.04 Å². The van der Waals surface area contributed by atoms with E-state index in [-0.39, 0.29) is 24.0 Å². The number of guanidine groups is 1. The third-order valence-corrected chi connectivity index (χ3v) is 3.11. The smallest absolute Gasteiger partial charge is 0.191 e. The van der Waals surface area contributed by atoms with Gasteiger partial charge in [0.2, 0.25) is 0 Å². The minimum atomic E-state index is 0. The predicted octanol–water partition coefficient (Wildman–Crippen LogP) is 2.62. The van der Waals surface area contributed by atoms with Gasteiger partial charge >= 0.3 is 0 Å². The lowest BCUT2D eigenvalue weighted by atomic mass is 10.1. The zero-order chi connectivity index (χ0) is 15.1. The molecule has 120 valence electrons. The maximum Gasteiger partial charge on any atom is 0.191 e. The lowest BCUT2D eigenvalue weighted by Gasteiger charge is -2.16. The van der Waals surface area contributed by atoms with Crippen molar-refractivity contribution < 1.29 is 0 Å². The SMILES string of the molecule is CN=C(NCc1ccccc1Cn1cccn1)NC(C)C.I. The summed E-state index contributed by atoms with van der Waals surface area (Å²) in [6.07, 6.45) is 3.78. The molecule has 0 aliphatic heterocycles. The fraction of sp³-hybridized carbons (Fsp3) is 0.375. The van der Waals surface area contributed by atoms with Crippen LogP contribution >= 0.6 is 24.0 Å². The Balaban J connectivity index is 0.00000242. The Kier molecular flexibility index (Phi) is 7.94. The van der Waals surface area contributed by atoms with Gasteiger partial charge in [0.05, 0.1) is 6.54 Å². The molecule has 1 aromatic carbocycles. The molecule has 0 bridgehead atoms. The Morgan fingerprint density at radius 3 is 2.55 bits per heavy atom. The lowest BCUT2D eigenvalue weighted by Crippen LogP contribution is -2.40. The monoisotopic (exact) mass is 413 g/mol. The molecule has 0 spiro atoms. The largest absolute Gasteiger partial charge is 0.354 e. The van der Waals surface area contributed by atoms with Gasteiger partial charge in [-0.15, -0.1) is 24.0 Å². The molecule has 2 rings (SSSR count). The Labute approximate surface area is 149 Å². The van der Waals surface area contributed by atoms with Crippen molar-refractivity contribution in [3.63, 3.8) is 0 Å². The zero-order valence-electron chi connectivity index (χ0n) is 13.3. The first kappa shape index (κ1) is 18.5. The number of nitrogens with zero attached hydrogens (tertiary/aromatic N) is 3. The molecule has 5 nitrogen and oxygen atoms in total. The average Bonchev–Trinajstić information content (AvgIpc) is 2.97. The molecular weight excluding hydrogens is 389 g/mol. The highest BCUT2D eigenvalue weighted by molar-refractivity contribution is 14.0. The summed E-state index contributed by atoms with van der Waals surface area (Å²) in [6.45, 7) is 5.71. The average molecular weight is 413 g/mol. The number of nitrogens with one attached hydrogen (secondary N) is 2. The second-order valence-electron chi connectivity index (χ2n) is 5.20. The van der Waals surface area contributed by atoms with E-state index in [4.69, 9.17) is 0 Å². The summed E-state index contributed by atoms with van der Waals surface area (Å²) in [5.74, 6) is 0.818. The molecule has 0 fully saturated rings. The van der Waals surface area contributed by atoms with Crippen LogP contribution in [-0.4, -0.2) is 28.8 Å². The van der Waals surface area contributed by atoms with E-state index in [1.807, 2.05) is 16.9 Å². The topological polar surface area (TPSA) is 54.2 Å². The van der Waals surface area contributed by atoms with Gasteiger partial charge in [-0.05, 0) is 31.0 Å². The molecule has 1 aromatic heterocycles. The number of hydrogen-bond donors (Lipinski definition) is 2. The highest BCUT2D eigenvalue weighted by atomic mass is 127. The fourth-order valence-electron chi connectivity index (χ4n) is 2.10. The van der Waals surface area contributed by atoms with Gasteiger partial charge in [0.1, 0.15) is 0 Å². The van der Waals surface area contributed by atoms with Crippen molar-refractivity contribution in [1.29, 1.82) is 0 Å². The van der Waals surface area contributed by atoms with E-state index in [2.05, 4.69) is 58.8 Å². The van der Waals surface area contributed by atoms with E-state index in [0.717, 1.165) is 19.0 Å². The third kappa shape index (κ3) is 5.67. The van der Waals surface area contributed by atoms with Crippen LogP contribution in [0.15, 0.2) is 47.7 Å². The van der Waals surface area contributed by atoms with E-state index in [1.165, 1.54) is 11.1 Å². The Bertz CT molecular complexity index is 578. The van der Waals surface area contributed by atoms with Crippen LogP contribution in [0, 0.1) is 0 Å². The number of halogens is 1. The molecule has 2 N–H and O–H groups in total. The highest BCUT2D eigenvalue weighted by Gasteiger charge is 2.05. The van der Waals surface area contributed by atoms with Crippen LogP contribution in [0.4, 0.5) is 0 Å². The molecule has 0 aliphatic rings. The van der Waals surface area contributed by atoms with Crippen LogP contribution in [0.3, 0.4) is 0 Å². The summed E-state index contributed by atoms with van der Waals surface area (Å²) in [5, 5.41) is 10.9. The molecule has 0 atom stereocenters. The van der Waals surface area contributed by atoms with Crippen LogP contribution in [0.25, 0.3) is 0 Å². The standard InChI is InChI=1S/C16H23N5.HI/c1-13(2)20-16(17-3)18-11-14-7-4-5-8-15(14)12-21-10-6-9-19-21;/h4-10,13H,11-12H2,1-3H3,(H2,17,18,20);1H. The summed E-state index contributed by atoms with van der Waals surface area (Å²) in [4.78, 5) is 4.23. The minimum Gasteiger partial charge on any atom is -0.354 e. The summed E-state index contributed by atoms with van der Waals surface area (Å²) in [6, 6.07) is 10.7. The molecular formula is C16H24IN5. The van der Waals surface area contributed by atoms with Crippen molar-refractivity contribution in [3.05, 3.63) is 53.9 Å². The quantitative estimate of drug-likeness (QED) is 0.450. The number of aliphatic imine (C=N–C) groups is 1. The number of rotatable bonds is 5. The van der Waals surface area contributed by atoms with Gasteiger partial charge in [0, 0.05) is 32.0 Å². The third-order valence-electron chi connectivity index (χ3n) is 3.11. The van der Waals surface area contributed by atoms with Crippen molar-refractivity contribution in [3.8, 4) is 0 Å². The molecule has 22 heavy (non-hydrogen) atoms. The minimum absolute atomic E-state index is 0. The van der Waals surface area contributed by atoms with Gasteiger partial charge in [0.15, 0.2) is 5.96 Å². The number of hydrogen-bond acceptors (Lipinski definition) is 2. The highest BCUT2D eigenvalue weighted by Crippen LogP contribution is 2.10. The molecule has 1 heterocycles. The van der Waals surface area contributed by atoms with E-state index in [9.17, 15) is 0 Å². The Hall–Kier alpha value is -1.57. The van der Waals surface area contributed by atoms with Gasteiger partial charge in [0.25, 0.3) is 0 Å². The number of aromatic nitrogens is 2. The van der Waals surface area contributed by atoms with Gasteiger partial charge < -0.3 is 10.6 Å². The van der Waals surface area contributed by atoms with Gasteiger partial charge in [-0.3, -0.25) is 9.67 Å². The van der Waals surface area contributed by atoms with Gasteiger partial charge in [-0.2, -0.15) is 5.10 Å². The van der Waals surface area contributed by atoms with Crippen LogP contribution in [0.5, 0.6) is 0 Å². The summed E-state index contributed by atoms with van der Waals surface area (Å²) < 4.78 is 1.93. The molecule has 2 aromatic rings.